The zero-order valence-corrected chi connectivity index (χ0v) is 18.4. The summed E-state index contributed by atoms with van der Waals surface area (Å²) in [6.45, 7) is 7.75. The fraction of sp³-hybridized carbons (Fsp3) is 0.208. The number of hydrogen-bond acceptors (Lipinski definition) is 3. The highest BCUT2D eigenvalue weighted by Gasteiger charge is 2.24. The van der Waals surface area contributed by atoms with Crippen molar-refractivity contribution in [2.75, 3.05) is 4.72 Å². The van der Waals surface area contributed by atoms with Crippen LogP contribution in [0.1, 0.15) is 38.2 Å². The van der Waals surface area contributed by atoms with Gasteiger partial charge in [-0.05, 0) is 67.6 Å². The fourth-order valence-electron chi connectivity index (χ4n) is 3.42. The van der Waals surface area contributed by atoms with Crippen LogP contribution in [0.2, 0.25) is 0 Å². The summed E-state index contributed by atoms with van der Waals surface area (Å²) in [6.07, 6.45) is 0. The molecule has 0 heterocycles. The molecule has 2 N–H and O–H groups in total. The van der Waals surface area contributed by atoms with Gasteiger partial charge in [-0.15, -0.1) is 0 Å². The third kappa shape index (κ3) is 4.54. The smallest absolute Gasteiger partial charge is 0.262 e. The molecule has 3 rings (SSSR count). The molecule has 6 heteroatoms. The molecule has 156 valence electrons. The number of benzene rings is 3. The van der Waals surface area contributed by atoms with Crippen molar-refractivity contribution in [2.24, 2.45) is 0 Å². The summed E-state index contributed by atoms with van der Waals surface area (Å²) < 4.78 is 29.1. The molecule has 0 unspecified atom stereocenters. The van der Waals surface area contributed by atoms with Gasteiger partial charge < -0.3 is 5.32 Å². The molecule has 30 heavy (non-hydrogen) atoms. The van der Waals surface area contributed by atoms with Crippen molar-refractivity contribution < 1.29 is 13.2 Å². The number of nitrogens with one attached hydrogen (secondary N) is 2. The van der Waals surface area contributed by atoms with Crippen LogP contribution in [0, 0.1) is 27.7 Å². The van der Waals surface area contributed by atoms with E-state index in [2.05, 4.69) is 10.0 Å². The summed E-state index contributed by atoms with van der Waals surface area (Å²) in [4.78, 5) is 13.0. The van der Waals surface area contributed by atoms with Crippen molar-refractivity contribution in [2.45, 2.75) is 39.1 Å². The van der Waals surface area contributed by atoms with E-state index in [1.165, 1.54) is 0 Å². The van der Waals surface area contributed by atoms with E-state index in [1.807, 2.05) is 50.2 Å². The maximum Gasteiger partial charge on any atom is 0.262 e. The first-order valence-corrected chi connectivity index (χ1v) is 11.2. The molecular weight excluding hydrogens is 396 g/mol. The van der Waals surface area contributed by atoms with Gasteiger partial charge in [-0.1, -0.05) is 48.5 Å². The Morgan fingerprint density at radius 3 is 2.03 bits per heavy atom. The maximum atomic E-state index is 13.3. The monoisotopic (exact) mass is 422 g/mol. The lowest BCUT2D eigenvalue weighted by Crippen LogP contribution is -2.25. The van der Waals surface area contributed by atoms with Crippen molar-refractivity contribution in [3.8, 4) is 0 Å². The molecule has 1 amide bonds. The number of aryl methyl sites for hydroxylation is 2. The normalized spacial score (nSPS) is 11.2. The van der Waals surface area contributed by atoms with Gasteiger partial charge in [0.2, 0.25) is 0 Å². The van der Waals surface area contributed by atoms with Gasteiger partial charge in [-0.25, -0.2) is 8.42 Å². The van der Waals surface area contributed by atoms with Crippen LogP contribution in [0.3, 0.4) is 0 Å². The number of rotatable bonds is 6. The van der Waals surface area contributed by atoms with E-state index in [4.69, 9.17) is 0 Å². The molecule has 3 aromatic carbocycles. The molecule has 0 aromatic heterocycles. The van der Waals surface area contributed by atoms with Crippen LogP contribution in [0.15, 0.2) is 65.6 Å². The topological polar surface area (TPSA) is 75.3 Å². The van der Waals surface area contributed by atoms with Crippen LogP contribution in [-0.2, 0) is 16.6 Å². The largest absolute Gasteiger partial charge is 0.348 e. The highest BCUT2D eigenvalue weighted by Crippen LogP contribution is 2.28. The summed E-state index contributed by atoms with van der Waals surface area (Å²) in [5.74, 6) is -0.342. The molecule has 0 aliphatic rings. The highest BCUT2D eigenvalue weighted by molar-refractivity contribution is 7.92. The van der Waals surface area contributed by atoms with Crippen LogP contribution in [0.25, 0.3) is 0 Å². The van der Waals surface area contributed by atoms with E-state index in [9.17, 15) is 13.2 Å². The van der Waals surface area contributed by atoms with E-state index in [-0.39, 0.29) is 22.1 Å². The van der Waals surface area contributed by atoms with E-state index in [1.54, 1.807) is 38.1 Å². The second-order valence-corrected chi connectivity index (χ2v) is 9.03. The van der Waals surface area contributed by atoms with Crippen molar-refractivity contribution in [3.05, 3.63) is 94.0 Å². The predicted octanol–water partition coefficient (Wildman–Crippen LogP) is 4.65. The minimum Gasteiger partial charge on any atom is -0.348 e. The summed E-state index contributed by atoms with van der Waals surface area (Å²) in [7, 11) is -3.87. The third-order valence-electron chi connectivity index (χ3n) is 5.28. The Balaban J connectivity index is 1.90. The summed E-state index contributed by atoms with van der Waals surface area (Å²) in [6, 6.07) is 18.1. The summed E-state index contributed by atoms with van der Waals surface area (Å²) in [5.41, 5.74) is 4.72. The Morgan fingerprint density at radius 2 is 1.40 bits per heavy atom. The van der Waals surface area contributed by atoms with E-state index in [0.717, 1.165) is 16.7 Å². The van der Waals surface area contributed by atoms with Crippen LogP contribution < -0.4 is 10.0 Å². The molecule has 0 radical (unpaired) electrons. The Labute approximate surface area is 178 Å². The van der Waals surface area contributed by atoms with Crippen molar-refractivity contribution >= 4 is 21.6 Å². The summed E-state index contributed by atoms with van der Waals surface area (Å²) >= 11 is 0. The van der Waals surface area contributed by atoms with Gasteiger partial charge in [0.25, 0.3) is 15.9 Å². The minimum atomic E-state index is -3.87. The molecule has 3 aromatic rings. The lowest BCUT2D eigenvalue weighted by Gasteiger charge is -2.18. The van der Waals surface area contributed by atoms with E-state index in [0.29, 0.717) is 17.7 Å². The highest BCUT2D eigenvalue weighted by atomic mass is 32.2. The number of amides is 1. The standard InChI is InChI=1S/C24H26N2O3S/c1-16-14-17(2)19(4)23(18(16)3)30(28,29)26-22-13-9-8-12-21(22)24(27)25-15-20-10-6-5-7-11-20/h5-14,26H,15H2,1-4H3,(H,25,27). The average molecular weight is 423 g/mol. The van der Waals surface area contributed by atoms with Gasteiger partial charge in [0, 0.05) is 6.54 Å². The van der Waals surface area contributed by atoms with Crippen molar-refractivity contribution in [1.82, 2.24) is 5.32 Å². The number of para-hydroxylation sites is 1. The van der Waals surface area contributed by atoms with Gasteiger partial charge >= 0.3 is 0 Å². The van der Waals surface area contributed by atoms with Crippen molar-refractivity contribution in [3.63, 3.8) is 0 Å². The molecule has 0 spiro atoms. The van der Waals surface area contributed by atoms with E-state index < -0.39 is 10.0 Å². The number of sulfonamides is 1. The Morgan fingerprint density at radius 1 is 0.833 bits per heavy atom. The molecule has 0 bridgehead atoms. The molecule has 5 nitrogen and oxygen atoms in total. The molecule has 0 atom stereocenters. The zero-order chi connectivity index (χ0) is 21.9. The van der Waals surface area contributed by atoms with Gasteiger partial charge in [-0.3, -0.25) is 9.52 Å². The van der Waals surface area contributed by atoms with Gasteiger partial charge in [0.05, 0.1) is 16.1 Å². The van der Waals surface area contributed by atoms with E-state index >= 15 is 0 Å². The number of carbonyl (C=O) groups is 1. The number of carbonyl (C=O) groups excluding carboxylic acids is 1. The van der Waals surface area contributed by atoms with Gasteiger partial charge in [0.1, 0.15) is 0 Å². The Kier molecular flexibility index (Phi) is 6.27. The first-order chi connectivity index (χ1) is 14.2. The van der Waals surface area contributed by atoms with Crippen LogP contribution in [-0.4, -0.2) is 14.3 Å². The average Bonchev–Trinajstić information content (AvgIpc) is 2.71. The fourth-order valence-corrected chi connectivity index (χ4v) is 5.12. The molecule has 0 fully saturated rings. The van der Waals surface area contributed by atoms with Gasteiger partial charge in [-0.2, -0.15) is 0 Å². The maximum absolute atomic E-state index is 13.3. The second-order valence-electron chi connectivity index (χ2n) is 7.41. The van der Waals surface area contributed by atoms with Crippen LogP contribution in [0.4, 0.5) is 5.69 Å². The quantitative estimate of drug-likeness (QED) is 0.607. The predicted molar refractivity (Wildman–Crippen MR) is 120 cm³/mol. The SMILES string of the molecule is Cc1cc(C)c(C)c(S(=O)(=O)Nc2ccccc2C(=O)NCc2ccccc2)c1C. The first-order valence-electron chi connectivity index (χ1n) is 9.72. The Bertz CT molecular complexity index is 1160. The molecule has 0 saturated carbocycles. The zero-order valence-electron chi connectivity index (χ0n) is 17.6. The number of anilines is 1. The number of hydrogen-bond donors (Lipinski definition) is 2. The second kappa shape index (κ2) is 8.71. The Hall–Kier alpha value is -3.12. The summed E-state index contributed by atoms with van der Waals surface area (Å²) in [5, 5.41) is 2.85. The third-order valence-corrected chi connectivity index (χ3v) is 6.92. The van der Waals surface area contributed by atoms with Crippen LogP contribution >= 0.6 is 0 Å². The van der Waals surface area contributed by atoms with Crippen LogP contribution in [0.5, 0.6) is 0 Å². The minimum absolute atomic E-state index is 0.251. The van der Waals surface area contributed by atoms with Gasteiger partial charge in [0.15, 0.2) is 0 Å². The molecule has 0 aliphatic heterocycles. The lowest BCUT2D eigenvalue weighted by molar-refractivity contribution is 0.0952. The molecular formula is C24H26N2O3S. The lowest BCUT2D eigenvalue weighted by atomic mass is 10.0. The first kappa shape index (κ1) is 21.6. The van der Waals surface area contributed by atoms with Crippen molar-refractivity contribution in [1.29, 1.82) is 0 Å². The molecule has 0 aliphatic carbocycles. The molecule has 0 saturated heterocycles.